The number of ether oxygens (including phenoxy) is 1. The molecule has 0 fully saturated rings. The molecular formula is C31H28FN5O3. The molecule has 1 aromatic heterocycles. The number of hydrogen-bond donors (Lipinski definition) is 1. The monoisotopic (exact) mass is 537 g/mol. The summed E-state index contributed by atoms with van der Waals surface area (Å²) in [5.41, 5.74) is 3.57. The van der Waals surface area contributed by atoms with E-state index in [9.17, 15) is 14.0 Å². The molecule has 9 heteroatoms. The summed E-state index contributed by atoms with van der Waals surface area (Å²) in [4.78, 5) is 29.4. The van der Waals surface area contributed by atoms with Gasteiger partial charge in [-0.2, -0.15) is 0 Å². The molecule has 4 aromatic carbocycles. The average Bonchev–Trinajstić information content (AvgIpc) is 3.39. The Balaban J connectivity index is 1.50. The number of nitrogens with one attached hydrogen (secondary N) is 1. The van der Waals surface area contributed by atoms with Gasteiger partial charge in [-0.15, -0.1) is 5.10 Å². The highest BCUT2D eigenvalue weighted by molar-refractivity contribution is 5.89. The molecule has 5 aromatic rings. The number of hydrogen-bond acceptors (Lipinski definition) is 5. The Morgan fingerprint density at radius 3 is 2.45 bits per heavy atom. The van der Waals surface area contributed by atoms with E-state index in [2.05, 4.69) is 15.6 Å². The normalized spacial score (nSPS) is 11.7. The summed E-state index contributed by atoms with van der Waals surface area (Å²) in [6, 6.07) is 28.9. The first kappa shape index (κ1) is 26.6. The van der Waals surface area contributed by atoms with Gasteiger partial charge in [0.1, 0.15) is 29.7 Å². The van der Waals surface area contributed by atoms with Gasteiger partial charge in [-0.25, -0.2) is 9.07 Å². The fourth-order valence-corrected chi connectivity index (χ4v) is 4.54. The summed E-state index contributed by atoms with van der Waals surface area (Å²) in [7, 11) is 1.58. The van der Waals surface area contributed by atoms with Gasteiger partial charge in [0.2, 0.25) is 11.8 Å². The van der Waals surface area contributed by atoms with Crippen LogP contribution in [0.25, 0.3) is 11.0 Å². The van der Waals surface area contributed by atoms with Crippen LogP contribution in [0.4, 0.5) is 4.39 Å². The number of carbonyl (C=O) groups is 2. The lowest BCUT2D eigenvalue weighted by molar-refractivity contribution is -0.142. The summed E-state index contributed by atoms with van der Waals surface area (Å²) in [5.74, 6) is -0.392. The van der Waals surface area contributed by atoms with Gasteiger partial charge in [-0.05, 0) is 53.1 Å². The van der Waals surface area contributed by atoms with Crippen molar-refractivity contribution >= 4 is 22.8 Å². The van der Waals surface area contributed by atoms with E-state index < -0.39 is 6.04 Å². The predicted molar refractivity (Wildman–Crippen MR) is 149 cm³/mol. The highest BCUT2D eigenvalue weighted by Crippen LogP contribution is 2.26. The largest absolute Gasteiger partial charge is 0.497 e. The molecule has 0 spiro atoms. The molecule has 0 radical (unpaired) electrons. The first-order valence-corrected chi connectivity index (χ1v) is 12.8. The van der Waals surface area contributed by atoms with Gasteiger partial charge in [0.05, 0.1) is 12.6 Å². The lowest BCUT2D eigenvalue weighted by Gasteiger charge is -2.32. The maximum Gasteiger partial charge on any atom is 0.247 e. The average molecular weight is 538 g/mol. The number of halogens is 1. The van der Waals surface area contributed by atoms with Gasteiger partial charge in [0.25, 0.3) is 0 Å². The fourth-order valence-electron chi connectivity index (χ4n) is 4.54. The number of fused-ring (bicyclic) bond motifs is 1. The van der Waals surface area contributed by atoms with Crippen LogP contribution in [0.5, 0.6) is 5.75 Å². The Morgan fingerprint density at radius 1 is 0.925 bits per heavy atom. The van der Waals surface area contributed by atoms with Crippen molar-refractivity contribution in [3.63, 3.8) is 0 Å². The number of benzene rings is 4. The number of para-hydroxylation sites is 1. The first-order chi connectivity index (χ1) is 19.5. The second kappa shape index (κ2) is 12.2. The van der Waals surface area contributed by atoms with E-state index in [4.69, 9.17) is 4.74 Å². The third-order valence-electron chi connectivity index (χ3n) is 6.57. The molecule has 5 rings (SSSR count). The van der Waals surface area contributed by atoms with Crippen molar-refractivity contribution in [1.29, 1.82) is 0 Å². The summed E-state index contributed by atoms with van der Waals surface area (Å²) >= 11 is 0. The lowest BCUT2D eigenvalue weighted by atomic mass is 10.0. The molecule has 0 aliphatic carbocycles. The van der Waals surface area contributed by atoms with Crippen molar-refractivity contribution < 1.29 is 18.7 Å². The van der Waals surface area contributed by atoms with Crippen LogP contribution in [0.1, 0.15) is 22.7 Å². The minimum atomic E-state index is -0.949. The molecular weight excluding hydrogens is 509 g/mol. The zero-order valence-corrected chi connectivity index (χ0v) is 21.9. The molecule has 1 N–H and O–H groups in total. The van der Waals surface area contributed by atoms with Gasteiger partial charge >= 0.3 is 0 Å². The van der Waals surface area contributed by atoms with Gasteiger partial charge in [0, 0.05) is 13.1 Å². The van der Waals surface area contributed by atoms with Crippen molar-refractivity contribution in [3.05, 3.63) is 126 Å². The summed E-state index contributed by atoms with van der Waals surface area (Å²) < 4.78 is 20.3. The van der Waals surface area contributed by atoms with Gasteiger partial charge in [-0.1, -0.05) is 71.9 Å². The summed E-state index contributed by atoms with van der Waals surface area (Å²) in [6.45, 7) is 0.211. The van der Waals surface area contributed by atoms with Crippen LogP contribution in [0.3, 0.4) is 0 Å². The molecule has 2 amide bonds. The van der Waals surface area contributed by atoms with Gasteiger partial charge < -0.3 is 15.0 Å². The maximum atomic E-state index is 14.0. The van der Waals surface area contributed by atoms with Crippen molar-refractivity contribution in [2.75, 3.05) is 7.11 Å². The minimum absolute atomic E-state index is 0.112. The van der Waals surface area contributed by atoms with Crippen LogP contribution >= 0.6 is 0 Å². The second-order valence-corrected chi connectivity index (χ2v) is 9.27. The Labute approximate surface area is 231 Å². The maximum absolute atomic E-state index is 14.0. The fraction of sp³-hybridized carbons (Fsp3) is 0.161. The van der Waals surface area contributed by atoms with E-state index >= 15 is 0 Å². The molecule has 40 heavy (non-hydrogen) atoms. The molecule has 0 saturated carbocycles. The Kier molecular flexibility index (Phi) is 8.10. The molecule has 8 nitrogen and oxygen atoms in total. The zero-order valence-electron chi connectivity index (χ0n) is 21.9. The van der Waals surface area contributed by atoms with Crippen molar-refractivity contribution in [1.82, 2.24) is 25.2 Å². The Hall–Kier alpha value is -5.05. The number of aromatic nitrogens is 3. The van der Waals surface area contributed by atoms with E-state index in [1.54, 1.807) is 24.1 Å². The van der Waals surface area contributed by atoms with Crippen LogP contribution < -0.4 is 10.1 Å². The molecule has 0 aliphatic heterocycles. The Bertz CT molecular complexity index is 1600. The SMILES string of the molecule is COc1cccc(CN(C(=O)Cn2nnc3ccccc32)C(C(=O)NCc2ccc(F)cc2)c2ccccc2)c1. The lowest BCUT2D eigenvalue weighted by Crippen LogP contribution is -2.44. The quantitative estimate of drug-likeness (QED) is 0.280. The van der Waals surface area contributed by atoms with Crippen molar-refractivity contribution in [2.24, 2.45) is 0 Å². The van der Waals surface area contributed by atoms with E-state index in [1.165, 1.54) is 16.8 Å². The molecule has 0 bridgehead atoms. The number of carbonyl (C=O) groups excluding carboxylic acids is 2. The van der Waals surface area contributed by atoms with Crippen LogP contribution in [0, 0.1) is 5.82 Å². The molecule has 0 aliphatic rings. The van der Waals surface area contributed by atoms with Gasteiger partial charge in [-0.3, -0.25) is 9.59 Å². The third-order valence-corrected chi connectivity index (χ3v) is 6.57. The van der Waals surface area contributed by atoms with Crippen molar-refractivity contribution in [3.8, 4) is 5.75 Å². The molecule has 1 atom stereocenters. The minimum Gasteiger partial charge on any atom is -0.497 e. The van der Waals surface area contributed by atoms with E-state index in [0.717, 1.165) is 11.1 Å². The predicted octanol–water partition coefficient (Wildman–Crippen LogP) is 4.67. The molecule has 0 saturated heterocycles. The first-order valence-electron chi connectivity index (χ1n) is 12.8. The van der Waals surface area contributed by atoms with E-state index in [0.29, 0.717) is 22.3 Å². The zero-order chi connectivity index (χ0) is 27.9. The van der Waals surface area contributed by atoms with Gasteiger partial charge in [0.15, 0.2) is 0 Å². The topological polar surface area (TPSA) is 89.3 Å². The standard InChI is InChI=1S/C31H28FN5O3/c1-40-26-11-7-8-23(18-26)20-36(29(38)21-37-28-13-6-5-12-27(28)34-35-37)30(24-9-3-2-4-10-24)31(39)33-19-22-14-16-25(32)17-15-22/h2-18,30H,19-21H2,1H3,(H,33,39). The number of nitrogens with zero attached hydrogens (tertiary/aromatic N) is 4. The summed E-state index contributed by atoms with van der Waals surface area (Å²) in [6.07, 6.45) is 0. The molecule has 202 valence electrons. The molecule has 1 heterocycles. The highest BCUT2D eigenvalue weighted by Gasteiger charge is 2.32. The number of methoxy groups -OCH3 is 1. The van der Waals surface area contributed by atoms with Crippen LogP contribution in [-0.4, -0.2) is 38.8 Å². The smallest absolute Gasteiger partial charge is 0.247 e. The number of rotatable bonds is 10. The molecule has 1 unspecified atom stereocenters. The van der Waals surface area contributed by atoms with E-state index in [-0.39, 0.29) is 37.3 Å². The van der Waals surface area contributed by atoms with Crippen molar-refractivity contribution in [2.45, 2.75) is 25.7 Å². The highest BCUT2D eigenvalue weighted by atomic mass is 19.1. The van der Waals surface area contributed by atoms with E-state index in [1.807, 2.05) is 78.9 Å². The van der Waals surface area contributed by atoms with Crippen LogP contribution in [0.15, 0.2) is 103 Å². The Morgan fingerprint density at radius 2 is 1.68 bits per heavy atom. The van der Waals surface area contributed by atoms with Crippen LogP contribution in [-0.2, 0) is 29.2 Å². The number of amides is 2. The van der Waals surface area contributed by atoms with Crippen LogP contribution in [0.2, 0.25) is 0 Å². The third kappa shape index (κ3) is 6.15. The summed E-state index contributed by atoms with van der Waals surface area (Å²) in [5, 5.41) is 11.3. The second-order valence-electron chi connectivity index (χ2n) is 9.27.